The zero-order chi connectivity index (χ0) is 20.2. The van der Waals surface area contributed by atoms with E-state index in [4.69, 9.17) is 13.9 Å². The number of amides is 1. The molecule has 1 saturated heterocycles. The summed E-state index contributed by atoms with van der Waals surface area (Å²) in [5, 5.41) is 0.713. The molecule has 0 spiro atoms. The number of carbonyl (C=O) groups excluding carboxylic acids is 2. The van der Waals surface area contributed by atoms with Crippen molar-refractivity contribution in [1.29, 1.82) is 0 Å². The second-order valence-corrected chi connectivity index (χ2v) is 7.74. The fraction of sp³-hybridized carbons (Fsp3) is 0.476. The van der Waals surface area contributed by atoms with Crippen LogP contribution in [0, 0.1) is 38.5 Å². The van der Waals surface area contributed by atoms with E-state index in [9.17, 15) is 14.4 Å². The van der Waals surface area contributed by atoms with Crippen LogP contribution in [0.1, 0.15) is 16.7 Å². The van der Waals surface area contributed by atoms with E-state index in [1.54, 1.807) is 17.9 Å². The van der Waals surface area contributed by atoms with E-state index in [1.807, 2.05) is 19.9 Å². The van der Waals surface area contributed by atoms with Gasteiger partial charge in [-0.3, -0.25) is 9.59 Å². The average molecular weight is 385 g/mol. The summed E-state index contributed by atoms with van der Waals surface area (Å²) >= 11 is 0. The molecule has 7 heteroatoms. The van der Waals surface area contributed by atoms with Crippen molar-refractivity contribution in [3.05, 3.63) is 39.2 Å². The van der Waals surface area contributed by atoms with Gasteiger partial charge in [0.2, 0.25) is 0 Å². The van der Waals surface area contributed by atoms with Gasteiger partial charge in [0.25, 0.3) is 5.91 Å². The molecule has 1 aromatic heterocycles. The first kappa shape index (κ1) is 18.5. The second-order valence-electron chi connectivity index (χ2n) is 7.74. The molecule has 1 aliphatic heterocycles. The Bertz CT molecular complexity index is 1030. The summed E-state index contributed by atoms with van der Waals surface area (Å²) in [6, 6.07) is 3.63. The molecule has 3 atom stereocenters. The van der Waals surface area contributed by atoms with Crippen LogP contribution in [-0.2, 0) is 14.3 Å². The molecule has 0 bridgehead atoms. The molecule has 2 aromatic rings. The fourth-order valence-electron chi connectivity index (χ4n) is 4.25. The number of ether oxygens (including phenoxy) is 2. The summed E-state index contributed by atoms with van der Waals surface area (Å²) in [7, 11) is 1.39. The Morgan fingerprint density at radius 1 is 1.14 bits per heavy atom. The normalized spacial score (nSPS) is 22.9. The minimum Gasteiger partial charge on any atom is -0.483 e. The summed E-state index contributed by atoms with van der Waals surface area (Å²) < 4.78 is 16.0. The number of carbonyl (C=O) groups is 2. The van der Waals surface area contributed by atoms with Crippen molar-refractivity contribution in [2.45, 2.75) is 20.8 Å². The Balaban J connectivity index is 1.48. The topological polar surface area (TPSA) is 86.1 Å². The Hall–Kier alpha value is -2.83. The average Bonchev–Trinajstić information content (AvgIpc) is 3.16. The molecular formula is C21H23NO6. The van der Waals surface area contributed by atoms with Crippen molar-refractivity contribution in [3.63, 3.8) is 0 Å². The van der Waals surface area contributed by atoms with E-state index >= 15 is 0 Å². The van der Waals surface area contributed by atoms with Crippen LogP contribution in [0.5, 0.6) is 5.75 Å². The van der Waals surface area contributed by atoms with E-state index in [2.05, 4.69) is 0 Å². The van der Waals surface area contributed by atoms with Gasteiger partial charge in [-0.15, -0.1) is 0 Å². The molecule has 148 valence electrons. The lowest BCUT2D eigenvalue weighted by molar-refractivity contribution is -0.144. The van der Waals surface area contributed by atoms with Gasteiger partial charge in [0.15, 0.2) is 6.61 Å². The number of hydrogen-bond acceptors (Lipinski definition) is 6. The Kier molecular flexibility index (Phi) is 4.40. The van der Waals surface area contributed by atoms with Crippen LogP contribution >= 0.6 is 0 Å². The second kappa shape index (κ2) is 6.65. The first-order chi connectivity index (χ1) is 13.3. The number of piperidine rings is 1. The third-order valence-electron chi connectivity index (χ3n) is 6.03. The number of likely N-dealkylation sites (tertiary alicyclic amines) is 1. The van der Waals surface area contributed by atoms with Gasteiger partial charge in [-0.05, 0) is 55.9 Å². The third-order valence-corrected chi connectivity index (χ3v) is 6.03. The predicted molar refractivity (Wildman–Crippen MR) is 101 cm³/mol. The molecule has 0 N–H and O–H groups in total. The van der Waals surface area contributed by atoms with E-state index in [1.165, 1.54) is 7.11 Å². The number of fused-ring (bicyclic) bond motifs is 2. The number of benzene rings is 1. The summed E-state index contributed by atoms with van der Waals surface area (Å²) in [5.41, 5.74) is 2.29. The lowest BCUT2D eigenvalue weighted by Gasteiger charge is -2.20. The largest absolute Gasteiger partial charge is 0.483 e. The highest BCUT2D eigenvalue weighted by atomic mass is 16.5. The minimum absolute atomic E-state index is 0.0655. The molecule has 1 saturated carbocycles. The van der Waals surface area contributed by atoms with Crippen LogP contribution in [0.25, 0.3) is 11.0 Å². The van der Waals surface area contributed by atoms with Crippen molar-refractivity contribution in [1.82, 2.24) is 4.90 Å². The number of rotatable bonds is 4. The fourth-order valence-corrected chi connectivity index (χ4v) is 4.25. The van der Waals surface area contributed by atoms with Gasteiger partial charge >= 0.3 is 11.6 Å². The lowest BCUT2D eigenvalue weighted by atomic mass is 10.0. The van der Waals surface area contributed by atoms with E-state index in [-0.39, 0.29) is 41.9 Å². The Morgan fingerprint density at radius 2 is 1.82 bits per heavy atom. The first-order valence-electron chi connectivity index (χ1n) is 9.35. The summed E-state index contributed by atoms with van der Waals surface area (Å²) in [5.74, 6) is 0.577. The molecule has 7 nitrogen and oxygen atoms in total. The van der Waals surface area contributed by atoms with Crippen LogP contribution in [0.3, 0.4) is 0 Å². The molecule has 4 rings (SSSR count). The standard InChI is InChI=1S/C21H23NO6/c1-10-5-15(18-11(2)12(3)20(24)28-16(18)6-10)27-9-17(23)22-7-13-14(8-22)19(13)21(25)26-4/h5-6,13-14,19H,7-9H2,1-4H3/t13-,14+,19?. The smallest absolute Gasteiger partial charge is 0.339 e. The number of esters is 1. The summed E-state index contributed by atoms with van der Waals surface area (Å²) in [6.07, 6.45) is 0. The maximum absolute atomic E-state index is 12.6. The van der Waals surface area contributed by atoms with Gasteiger partial charge in [0.1, 0.15) is 11.3 Å². The molecule has 0 radical (unpaired) electrons. The maximum atomic E-state index is 12.6. The van der Waals surface area contributed by atoms with Crippen LogP contribution in [0.2, 0.25) is 0 Å². The zero-order valence-electron chi connectivity index (χ0n) is 16.4. The number of nitrogens with zero attached hydrogens (tertiary/aromatic N) is 1. The van der Waals surface area contributed by atoms with Gasteiger partial charge in [-0.25, -0.2) is 4.79 Å². The molecule has 2 heterocycles. The van der Waals surface area contributed by atoms with Gasteiger partial charge in [-0.2, -0.15) is 0 Å². The van der Waals surface area contributed by atoms with Crippen molar-refractivity contribution in [3.8, 4) is 5.75 Å². The summed E-state index contributed by atoms with van der Waals surface area (Å²) in [6.45, 7) is 6.47. The number of hydrogen-bond donors (Lipinski definition) is 0. The highest BCUT2D eigenvalue weighted by Crippen LogP contribution is 2.52. The molecular weight excluding hydrogens is 362 g/mol. The van der Waals surface area contributed by atoms with Crippen molar-refractivity contribution in [2.24, 2.45) is 17.8 Å². The maximum Gasteiger partial charge on any atom is 0.339 e. The zero-order valence-corrected chi connectivity index (χ0v) is 16.4. The van der Waals surface area contributed by atoms with Crippen LogP contribution in [-0.4, -0.2) is 43.6 Å². The molecule has 2 fully saturated rings. The highest BCUT2D eigenvalue weighted by molar-refractivity contribution is 5.89. The van der Waals surface area contributed by atoms with Crippen LogP contribution < -0.4 is 10.4 Å². The third kappa shape index (κ3) is 2.95. The van der Waals surface area contributed by atoms with Gasteiger partial charge in [-0.1, -0.05) is 0 Å². The number of methoxy groups -OCH3 is 1. The van der Waals surface area contributed by atoms with Gasteiger partial charge in [0.05, 0.1) is 18.4 Å². The molecule has 1 aliphatic carbocycles. The van der Waals surface area contributed by atoms with E-state index in [0.717, 1.165) is 11.1 Å². The summed E-state index contributed by atoms with van der Waals surface area (Å²) in [4.78, 5) is 37.9. The Labute approximate surface area is 162 Å². The highest BCUT2D eigenvalue weighted by Gasteiger charge is 2.60. The SMILES string of the molecule is COC(=O)C1[C@H]2CN(C(=O)COc3cc(C)cc4oc(=O)c(C)c(C)c34)C[C@@H]12. The molecule has 28 heavy (non-hydrogen) atoms. The minimum atomic E-state index is -0.367. The van der Waals surface area contributed by atoms with Crippen molar-refractivity contribution < 1.29 is 23.5 Å². The van der Waals surface area contributed by atoms with Crippen molar-refractivity contribution in [2.75, 3.05) is 26.8 Å². The lowest BCUT2D eigenvalue weighted by Crippen LogP contribution is -2.36. The predicted octanol–water partition coefficient (Wildman–Crippen LogP) is 1.97. The number of aryl methyl sites for hydroxylation is 2. The van der Waals surface area contributed by atoms with Gasteiger partial charge in [0, 0.05) is 18.7 Å². The monoisotopic (exact) mass is 385 g/mol. The van der Waals surface area contributed by atoms with E-state index < -0.39 is 0 Å². The quantitative estimate of drug-likeness (QED) is 0.591. The van der Waals surface area contributed by atoms with Crippen LogP contribution in [0.15, 0.2) is 21.3 Å². The van der Waals surface area contributed by atoms with E-state index in [0.29, 0.717) is 35.4 Å². The molecule has 2 aliphatic rings. The first-order valence-corrected chi connectivity index (χ1v) is 9.35. The molecule has 1 amide bonds. The van der Waals surface area contributed by atoms with Crippen LogP contribution in [0.4, 0.5) is 0 Å². The molecule has 1 unspecified atom stereocenters. The molecule has 1 aromatic carbocycles. The van der Waals surface area contributed by atoms with Gasteiger partial charge < -0.3 is 18.8 Å². The Morgan fingerprint density at radius 3 is 2.46 bits per heavy atom. The van der Waals surface area contributed by atoms with Crippen molar-refractivity contribution >= 4 is 22.8 Å².